The Balaban J connectivity index is 2.44. The Labute approximate surface area is 121 Å². The van der Waals surface area contributed by atoms with Gasteiger partial charge in [0.1, 0.15) is 11.8 Å². The highest BCUT2D eigenvalue weighted by molar-refractivity contribution is 9.10. The van der Waals surface area contributed by atoms with Crippen LogP contribution in [0.1, 0.15) is 5.56 Å². The minimum atomic E-state index is 0.444. The molecule has 2 N–H and O–H groups in total. The number of nitrogens with zero attached hydrogens (tertiary/aromatic N) is 1. The molecule has 0 radical (unpaired) electrons. The largest absolute Gasteiger partial charge is 0.453 e. The molecule has 2 rings (SSSR count). The minimum absolute atomic E-state index is 0.444. The van der Waals surface area contributed by atoms with Gasteiger partial charge in [0.15, 0.2) is 5.75 Å². The molecule has 90 valence electrons. The Kier molecular flexibility index (Phi) is 3.90. The van der Waals surface area contributed by atoms with Crippen LogP contribution in [0.2, 0.25) is 0 Å². The monoisotopic (exact) mass is 366 g/mol. The van der Waals surface area contributed by atoms with Crippen molar-refractivity contribution in [2.45, 2.75) is 0 Å². The molecule has 0 saturated carbocycles. The summed E-state index contributed by atoms with van der Waals surface area (Å²) < 4.78 is 7.27. The molecule has 0 aliphatic heterocycles. The number of halogens is 2. The summed E-state index contributed by atoms with van der Waals surface area (Å²) in [6, 6.07) is 12.7. The summed E-state index contributed by atoms with van der Waals surface area (Å²) in [5, 5.41) is 9.07. The smallest absolute Gasteiger partial charge is 0.164 e. The van der Waals surface area contributed by atoms with E-state index in [1.54, 1.807) is 18.2 Å². The van der Waals surface area contributed by atoms with Crippen molar-refractivity contribution in [1.82, 2.24) is 0 Å². The molecule has 5 heteroatoms. The van der Waals surface area contributed by atoms with Crippen molar-refractivity contribution in [3.8, 4) is 17.6 Å². The molecular weight excluding hydrogens is 360 g/mol. The quantitative estimate of drug-likeness (QED) is 0.797. The number of nitriles is 1. The van der Waals surface area contributed by atoms with Gasteiger partial charge in [-0.05, 0) is 46.3 Å². The van der Waals surface area contributed by atoms with E-state index in [0.717, 1.165) is 8.95 Å². The van der Waals surface area contributed by atoms with E-state index in [1.807, 2.05) is 18.2 Å². The van der Waals surface area contributed by atoms with Crippen molar-refractivity contribution in [3.05, 3.63) is 50.9 Å². The molecule has 2 aromatic carbocycles. The average Bonchev–Trinajstić information content (AvgIpc) is 2.35. The van der Waals surface area contributed by atoms with Crippen molar-refractivity contribution in [3.63, 3.8) is 0 Å². The highest BCUT2D eigenvalue weighted by Gasteiger charge is 2.10. The van der Waals surface area contributed by atoms with Gasteiger partial charge in [-0.3, -0.25) is 0 Å². The molecular formula is C13H8Br2N2O. The molecule has 18 heavy (non-hydrogen) atoms. The van der Waals surface area contributed by atoms with Crippen LogP contribution in [0.3, 0.4) is 0 Å². The fourth-order valence-corrected chi connectivity index (χ4v) is 2.25. The lowest BCUT2D eigenvalue weighted by Gasteiger charge is -2.11. The van der Waals surface area contributed by atoms with Crippen molar-refractivity contribution < 1.29 is 4.74 Å². The van der Waals surface area contributed by atoms with Gasteiger partial charge in [0.2, 0.25) is 0 Å². The average molecular weight is 368 g/mol. The molecule has 2 aromatic rings. The van der Waals surface area contributed by atoms with E-state index in [-0.39, 0.29) is 0 Å². The SMILES string of the molecule is N#Cc1cc(Br)ccc1Oc1c(N)cccc1Br. The number of hydrogen-bond donors (Lipinski definition) is 1. The van der Waals surface area contributed by atoms with Crippen LogP contribution in [0.15, 0.2) is 45.3 Å². The zero-order valence-electron chi connectivity index (χ0n) is 9.15. The number of hydrogen-bond acceptors (Lipinski definition) is 3. The summed E-state index contributed by atoms with van der Waals surface area (Å²) in [6.45, 7) is 0. The molecule has 0 saturated heterocycles. The van der Waals surface area contributed by atoms with Gasteiger partial charge in [-0.1, -0.05) is 22.0 Å². The van der Waals surface area contributed by atoms with Crippen LogP contribution in [0.5, 0.6) is 11.5 Å². The third kappa shape index (κ3) is 2.66. The second-order valence-electron chi connectivity index (χ2n) is 3.51. The summed E-state index contributed by atoms with van der Waals surface area (Å²) in [7, 11) is 0. The lowest BCUT2D eigenvalue weighted by Crippen LogP contribution is -1.94. The van der Waals surface area contributed by atoms with Crippen molar-refractivity contribution in [2.24, 2.45) is 0 Å². The molecule has 0 spiro atoms. The van der Waals surface area contributed by atoms with Crippen molar-refractivity contribution in [1.29, 1.82) is 5.26 Å². The van der Waals surface area contributed by atoms with E-state index < -0.39 is 0 Å². The Morgan fingerprint density at radius 1 is 1.17 bits per heavy atom. The van der Waals surface area contributed by atoms with Gasteiger partial charge in [0.25, 0.3) is 0 Å². The van der Waals surface area contributed by atoms with Gasteiger partial charge in [-0.25, -0.2) is 0 Å². The third-order valence-corrected chi connectivity index (χ3v) is 3.39. The first kappa shape index (κ1) is 12.9. The molecule has 0 bridgehead atoms. The zero-order valence-corrected chi connectivity index (χ0v) is 12.3. The van der Waals surface area contributed by atoms with Gasteiger partial charge in [-0.15, -0.1) is 0 Å². The molecule has 0 aliphatic carbocycles. The molecule has 0 fully saturated rings. The van der Waals surface area contributed by atoms with Crippen LogP contribution in [0.4, 0.5) is 5.69 Å². The number of nitrogens with two attached hydrogens (primary N) is 1. The predicted octanol–water partition coefficient (Wildman–Crippen LogP) is 4.46. The summed E-state index contributed by atoms with van der Waals surface area (Å²) in [5.41, 5.74) is 6.80. The fourth-order valence-electron chi connectivity index (χ4n) is 1.42. The number of rotatable bonds is 2. The van der Waals surface area contributed by atoms with Crippen molar-refractivity contribution >= 4 is 37.5 Å². The van der Waals surface area contributed by atoms with Crippen LogP contribution < -0.4 is 10.5 Å². The molecule has 0 heterocycles. The first-order valence-corrected chi connectivity index (χ1v) is 6.62. The van der Waals surface area contributed by atoms with Crippen LogP contribution >= 0.6 is 31.9 Å². The Morgan fingerprint density at radius 2 is 1.94 bits per heavy atom. The number of para-hydroxylation sites is 1. The van der Waals surface area contributed by atoms with Gasteiger partial charge in [0, 0.05) is 4.47 Å². The summed E-state index contributed by atoms with van der Waals surface area (Å²) in [6.07, 6.45) is 0. The van der Waals surface area contributed by atoms with Gasteiger partial charge < -0.3 is 10.5 Å². The number of ether oxygens (including phenoxy) is 1. The van der Waals surface area contributed by atoms with Gasteiger partial charge in [-0.2, -0.15) is 5.26 Å². The maximum atomic E-state index is 9.07. The lowest BCUT2D eigenvalue weighted by atomic mass is 10.2. The number of nitrogen functional groups attached to an aromatic ring is 1. The number of anilines is 1. The number of benzene rings is 2. The van der Waals surface area contributed by atoms with Crippen LogP contribution in [0.25, 0.3) is 0 Å². The van der Waals surface area contributed by atoms with E-state index in [1.165, 1.54) is 0 Å². The van der Waals surface area contributed by atoms with Crippen LogP contribution in [-0.4, -0.2) is 0 Å². The summed E-state index contributed by atoms with van der Waals surface area (Å²) >= 11 is 6.68. The maximum absolute atomic E-state index is 9.07. The normalized spacial score (nSPS) is 9.83. The molecule has 0 unspecified atom stereocenters. The van der Waals surface area contributed by atoms with E-state index in [0.29, 0.717) is 22.7 Å². The Hall–Kier alpha value is -1.51. The van der Waals surface area contributed by atoms with Gasteiger partial charge >= 0.3 is 0 Å². The Morgan fingerprint density at radius 3 is 2.61 bits per heavy atom. The standard InChI is InChI=1S/C13H8Br2N2O/c14-9-4-5-12(8(6-9)7-16)18-13-10(15)2-1-3-11(13)17/h1-6H,17H2. The zero-order chi connectivity index (χ0) is 13.1. The van der Waals surface area contributed by atoms with Crippen LogP contribution in [0, 0.1) is 11.3 Å². The molecule has 3 nitrogen and oxygen atoms in total. The maximum Gasteiger partial charge on any atom is 0.164 e. The molecule has 0 aliphatic rings. The molecule has 0 amide bonds. The first-order chi connectivity index (χ1) is 8.61. The predicted molar refractivity (Wildman–Crippen MR) is 77.5 cm³/mol. The van der Waals surface area contributed by atoms with Crippen molar-refractivity contribution in [2.75, 3.05) is 5.73 Å². The molecule has 0 atom stereocenters. The van der Waals surface area contributed by atoms with E-state index in [9.17, 15) is 0 Å². The van der Waals surface area contributed by atoms with Gasteiger partial charge in [0.05, 0.1) is 15.7 Å². The second kappa shape index (κ2) is 5.42. The topological polar surface area (TPSA) is 59.0 Å². The van der Waals surface area contributed by atoms with E-state index in [2.05, 4.69) is 37.9 Å². The highest BCUT2D eigenvalue weighted by atomic mass is 79.9. The first-order valence-electron chi connectivity index (χ1n) is 5.03. The molecule has 0 aromatic heterocycles. The lowest BCUT2D eigenvalue weighted by molar-refractivity contribution is 0.480. The fraction of sp³-hybridized carbons (Fsp3) is 0. The summed E-state index contributed by atoms with van der Waals surface area (Å²) in [5.74, 6) is 0.982. The minimum Gasteiger partial charge on any atom is -0.453 e. The van der Waals surface area contributed by atoms with Crippen LogP contribution in [-0.2, 0) is 0 Å². The Bertz CT molecular complexity index is 615. The summed E-state index contributed by atoms with van der Waals surface area (Å²) in [4.78, 5) is 0. The highest BCUT2D eigenvalue weighted by Crippen LogP contribution is 2.36. The van der Waals surface area contributed by atoms with E-state index in [4.69, 9.17) is 15.7 Å². The second-order valence-corrected chi connectivity index (χ2v) is 5.28. The third-order valence-electron chi connectivity index (χ3n) is 2.27. The van der Waals surface area contributed by atoms with E-state index >= 15 is 0 Å².